The summed E-state index contributed by atoms with van der Waals surface area (Å²) in [7, 11) is 0. The first kappa shape index (κ1) is 20.1. The van der Waals surface area contributed by atoms with E-state index in [4.69, 9.17) is 12.2 Å². The van der Waals surface area contributed by atoms with Crippen molar-refractivity contribution >= 4 is 28.9 Å². The fraction of sp³-hybridized carbons (Fsp3) is 0.364. The fourth-order valence-corrected chi connectivity index (χ4v) is 3.48. The Bertz CT molecular complexity index is 834. The Kier molecular flexibility index (Phi) is 5.89. The largest absolute Gasteiger partial charge is 0.508 e. The second kappa shape index (κ2) is 8.19. The van der Waals surface area contributed by atoms with Crippen molar-refractivity contribution in [3.8, 4) is 5.75 Å². The van der Waals surface area contributed by atoms with Gasteiger partial charge in [0.2, 0.25) is 0 Å². The Morgan fingerprint density at radius 3 is 2.07 bits per heavy atom. The van der Waals surface area contributed by atoms with E-state index in [2.05, 4.69) is 31.0 Å². The van der Waals surface area contributed by atoms with Crippen LogP contribution in [0.25, 0.3) is 0 Å². The van der Waals surface area contributed by atoms with Gasteiger partial charge in [0.15, 0.2) is 5.11 Å². The molecule has 5 nitrogen and oxygen atoms in total. The van der Waals surface area contributed by atoms with E-state index in [9.17, 15) is 9.90 Å². The van der Waals surface area contributed by atoms with Gasteiger partial charge in [-0.1, -0.05) is 32.9 Å². The number of phenolic OH excluding ortho intramolecular Hbond substituents is 1. The molecule has 1 heterocycles. The molecule has 2 aromatic rings. The molecule has 1 aliphatic heterocycles. The molecule has 1 aliphatic rings. The Hall–Kier alpha value is -2.60. The number of anilines is 1. The van der Waals surface area contributed by atoms with Crippen molar-refractivity contribution in [3.05, 3.63) is 59.7 Å². The highest BCUT2D eigenvalue weighted by atomic mass is 32.1. The third-order valence-electron chi connectivity index (χ3n) is 5.02. The fourth-order valence-electron chi connectivity index (χ4n) is 3.20. The SMILES string of the molecule is CC(C)(C)c1ccc(C(=O)NC(=S)N2CCN(c3ccc(O)cc3)CC2)cc1. The molecule has 3 rings (SSSR count). The second-order valence-electron chi connectivity index (χ2n) is 8.08. The number of thiocarbonyl (C=S) groups is 1. The van der Waals surface area contributed by atoms with Crippen LogP contribution in [-0.2, 0) is 5.41 Å². The van der Waals surface area contributed by atoms with E-state index in [0.717, 1.165) is 31.9 Å². The highest BCUT2D eigenvalue weighted by Crippen LogP contribution is 2.22. The van der Waals surface area contributed by atoms with Crippen molar-refractivity contribution in [1.29, 1.82) is 0 Å². The summed E-state index contributed by atoms with van der Waals surface area (Å²) in [5.41, 5.74) is 2.93. The summed E-state index contributed by atoms with van der Waals surface area (Å²) in [6.45, 7) is 9.53. The predicted octanol–water partition coefficient (Wildman–Crippen LogP) is 3.53. The Morgan fingerprint density at radius 2 is 1.54 bits per heavy atom. The minimum atomic E-state index is -0.175. The van der Waals surface area contributed by atoms with Gasteiger partial charge >= 0.3 is 0 Å². The summed E-state index contributed by atoms with van der Waals surface area (Å²) >= 11 is 5.45. The van der Waals surface area contributed by atoms with Gasteiger partial charge in [-0.3, -0.25) is 10.1 Å². The molecule has 2 aromatic carbocycles. The lowest BCUT2D eigenvalue weighted by molar-refractivity contribution is 0.0973. The zero-order valence-electron chi connectivity index (χ0n) is 16.6. The second-order valence-corrected chi connectivity index (χ2v) is 8.46. The molecular formula is C22H27N3O2S. The van der Waals surface area contributed by atoms with Crippen LogP contribution in [0.15, 0.2) is 48.5 Å². The van der Waals surface area contributed by atoms with Crippen LogP contribution in [0.3, 0.4) is 0 Å². The average Bonchev–Trinajstić information content (AvgIpc) is 2.68. The quantitative estimate of drug-likeness (QED) is 0.760. The minimum absolute atomic E-state index is 0.0570. The number of hydrogen-bond donors (Lipinski definition) is 2. The van der Waals surface area contributed by atoms with Crippen molar-refractivity contribution in [1.82, 2.24) is 10.2 Å². The first-order valence-electron chi connectivity index (χ1n) is 9.49. The van der Waals surface area contributed by atoms with Crippen LogP contribution in [0.1, 0.15) is 36.7 Å². The first-order valence-corrected chi connectivity index (χ1v) is 9.89. The van der Waals surface area contributed by atoms with E-state index in [1.54, 1.807) is 12.1 Å². The van der Waals surface area contributed by atoms with Gasteiger partial charge in [0.05, 0.1) is 0 Å². The van der Waals surface area contributed by atoms with Crippen LogP contribution in [0.5, 0.6) is 5.75 Å². The highest BCUT2D eigenvalue weighted by molar-refractivity contribution is 7.80. The number of rotatable bonds is 2. The lowest BCUT2D eigenvalue weighted by Crippen LogP contribution is -2.52. The van der Waals surface area contributed by atoms with Gasteiger partial charge in [-0.05, 0) is 59.6 Å². The third kappa shape index (κ3) is 4.81. The molecule has 2 N–H and O–H groups in total. The molecule has 1 fully saturated rings. The summed E-state index contributed by atoms with van der Waals surface area (Å²) in [5, 5.41) is 12.7. The van der Waals surface area contributed by atoms with Gasteiger partial charge in [0, 0.05) is 37.4 Å². The van der Waals surface area contributed by atoms with Gasteiger partial charge in [-0.15, -0.1) is 0 Å². The molecule has 1 amide bonds. The topological polar surface area (TPSA) is 55.8 Å². The number of benzene rings is 2. The molecule has 28 heavy (non-hydrogen) atoms. The molecule has 0 spiro atoms. The van der Waals surface area contributed by atoms with Crippen LogP contribution < -0.4 is 10.2 Å². The van der Waals surface area contributed by atoms with E-state index >= 15 is 0 Å². The third-order valence-corrected chi connectivity index (χ3v) is 5.38. The van der Waals surface area contributed by atoms with Gasteiger partial charge in [0.1, 0.15) is 5.75 Å². The maximum atomic E-state index is 12.5. The predicted molar refractivity (Wildman–Crippen MR) is 117 cm³/mol. The molecule has 6 heteroatoms. The molecule has 0 bridgehead atoms. The van der Waals surface area contributed by atoms with Crippen LogP contribution >= 0.6 is 12.2 Å². The van der Waals surface area contributed by atoms with Crippen molar-refractivity contribution in [2.24, 2.45) is 0 Å². The summed E-state index contributed by atoms with van der Waals surface area (Å²) in [4.78, 5) is 16.8. The Morgan fingerprint density at radius 1 is 0.964 bits per heavy atom. The number of carbonyl (C=O) groups excluding carboxylic acids is 1. The number of amides is 1. The van der Waals surface area contributed by atoms with E-state index in [0.29, 0.717) is 10.7 Å². The maximum Gasteiger partial charge on any atom is 0.257 e. The van der Waals surface area contributed by atoms with Crippen molar-refractivity contribution in [2.45, 2.75) is 26.2 Å². The van der Waals surface area contributed by atoms with Crippen LogP contribution in [0, 0.1) is 0 Å². The number of piperazine rings is 1. The van der Waals surface area contributed by atoms with Crippen molar-refractivity contribution in [3.63, 3.8) is 0 Å². The number of carbonyl (C=O) groups is 1. The van der Waals surface area contributed by atoms with Crippen LogP contribution in [0.4, 0.5) is 5.69 Å². The molecule has 0 saturated carbocycles. The standard InChI is InChI=1S/C22H27N3O2S/c1-22(2,3)17-6-4-16(5-7-17)20(27)23-21(28)25-14-12-24(13-15-25)18-8-10-19(26)11-9-18/h4-11,26H,12-15H2,1-3H3,(H,23,27,28). The summed E-state index contributed by atoms with van der Waals surface area (Å²) in [6.07, 6.45) is 0. The monoisotopic (exact) mass is 397 g/mol. The molecule has 0 atom stereocenters. The van der Waals surface area contributed by atoms with Crippen molar-refractivity contribution in [2.75, 3.05) is 31.1 Å². The Balaban J connectivity index is 1.54. The van der Waals surface area contributed by atoms with Crippen LogP contribution in [0.2, 0.25) is 0 Å². The molecular weight excluding hydrogens is 370 g/mol. The van der Waals surface area contributed by atoms with Gasteiger partial charge < -0.3 is 14.9 Å². The molecule has 148 valence electrons. The summed E-state index contributed by atoms with van der Waals surface area (Å²) in [5.74, 6) is 0.0910. The molecule has 0 unspecified atom stereocenters. The first-order chi connectivity index (χ1) is 13.2. The number of hydrogen-bond acceptors (Lipinski definition) is 4. The van der Waals surface area contributed by atoms with E-state index in [1.165, 1.54) is 5.56 Å². The van der Waals surface area contributed by atoms with Gasteiger partial charge in [0.25, 0.3) is 5.91 Å². The highest BCUT2D eigenvalue weighted by Gasteiger charge is 2.21. The molecule has 1 saturated heterocycles. The zero-order chi connectivity index (χ0) is 20.3. The maximum absolute atomic E-state index is 12.5. The summed E-state index contributed by atoms with van der Waals surface area (Å²) in [6, 6.07) is 14.9. The van der Waals surface area contributed by atoms with Crippen molar-refractivity contribution < 1.29 is 9.90 Å². The zero-order valence-corrected chi connectivity index (χ0v) is 17.4. The molecule has 0 radical (unpaired) electrons. The normalized spacial score (nSPS) is 14.7. The van der Waals surface area contributed by atoms with Crippen LogP contribution in [-0.4, -0.2) is 47.2 Å². The van der Waals surface area contributed by atoms with E-state index in [-0.39, 0.29) is 17.1 Å². The lowest BCUT2D eigenvalue weighted by Gasteiger charge is -2.37. The number of aromatic hydroxyl groups is 1. The minimum Gasteiger partial charge on any atom is -0.508 e. The number of nitrogens with one attached hydrogen (secondary N) is 1. The molecule has 0 aromatic heterocycles. The number of phenols is 1. The van der Waals surface area contributed by atoms with Gasteiger partial charge in [-0.2, -0.15) is 0 Å². The number of nitrogens with zero attached hydrogens (tertiary/aromatic N) is 2. The molecule has 0 aliphatic carbocycles. The van der Waals surface area contributed by atoms with E-state index in [1.807, 2.05) is 41.3 Å². The average molecular weight is 398 g/mol. The lowest BCUT2D eigenvalue weighted by atomic mass is 9.87. The van der Waals surface area contributed by atoms with Gasteiger partial charge in [-0.25, -0.2) is 0 Å². The smallest absolute Gasteiger partial charge is 0.257 e. The Labute approximate surface area is 172 Å². The summed E-state index contributed by atoms with van der Waals surface area (Å²) < 4.78 is 0. The van der Waals surface area contributed by atoms with E-state index < -0.39 is 0 Å².